The van der Waals surface area contributed by atoms with E-state index in [1.165, 1.54) is 14.2 Å². The van der Waals surface area contributed by atoms with Crippen LogP contribution in [0.25, 0.3) is 5.57 Å². The summed E-state index contributed by atoms with van der Waals surface area (Å²) in [6.07, 6.45) is 0.793. The van der Waals surface area contributed by atoms with Crippen LogP contribution in [0.4, 0.5) is 0 Å². The Kier molecular flexibility index (Phi) is 7.59. The summed E-state index contributed by atoms with van der Waals surface area (Å²) in [6.45, 7) is 3.56. The van der Waals surface area contributed by atoms with Crippen molar-refractivity contribution in [1.29, 1.82) is 0 Å². The van der Waals surface area contributed by atoms with Crippen molar-refractivity contribution in [2.75, 3.05) is 21.3 Å². The fourth-order valence-corrected chi connectivity index (χ4v) is 3.32. The average molecular weight is 396 g/mol. The summed E-state index contributed by atoms with van der Waals surface area (Å²) in [7, 11) is 4.18. The topological polar surface area (TPSA) is 61.8 Å². The summed E-state index contributed by atoms with van der Waals surface area (Å²) < 4.78 is 15.1. The van der Waals surface area contributed by atoms with Crippen molar-refractivity contribution in [2.24, 2.45) is 5.41 Å². The Morgan fingerprint density at radius 2 is 1.41 bits per heavy atom. The standard InChI is InChI=1S/C24H28O5/c1-17(19-11-13-21(27-3)14-12-19)20(15-18-9-7-6-8-10-18)16-24(2,22(25)28-4)23(26)29-5/h6-14H,15-16H2,1-5H3/b20-17+. The first-order valence-corrected chi connectivity index (χ1v) is 9.39. The van der Waals surface area contributed by atoms with Crippen LogP contribution in [-0.4, -0.2) is 33.3 Å². The van der Waals surface area contributed by atoms with Crippen molar-refractivity contribution in [3.8, 4) is 5.75 Å². The molecule has 0 heterocycles. The minimum atomic E-state index is -1.43. The number of benzene rings is 2. The lowest BCUT2D eigenvalue weighted by Gasteiger charge is -2.26. The summed E-state index contributed by atoms with van der Waals surface area (Å²) in [4.78, 5) is 25.0. The molecule has 5 nitrogen and oxygen atoms in total. The molecule has 0 aliphatic rings. The normalized spacial score (nSPS) is 12.0. The molecule has 2 aromatic carbocycles. The average Bonchev–Trinajstić information content (AvgIpc) is 2.77. The van der Waals surface area contributed by atoms with Crippen molar-refractivity contribution in [3.05, 3.63) is 71.3 Å². The third-order valence-corrected chi connectivity index (χ3v) is 5.15. The number of esters is 2. The molecule has 0 radical (unpaired) electrons. The zero-order valence-corrected chi connectivity index (χ0v) is 17.7. The van der Waals surface area contributed by atoms with Gasteiger partial charge in [0.15, 0.2) is 5.41 Å². The summed E-state index contributed by atoms with van der Waals surface area (Å²) in [6, 6.07) is 17.6. The largest absolute Gasteiger partial charge is 0.497 e. The third-order valence-electron chi connectivity index (χ3n) is 5.15. The number of rotatable bonds is 8. The summed E-state index contributed by atoms with van der Waals surface area (Å²) in [5.74, 6) is -0.463. The van der Waals surface area contributed by atoms with Gasteiger partial charge in [0.05, 0.1) is 21.3 Å². The summed E-state index contributed by atoms with van der Waals surface area (Å²) in [5.41, 5.74) is 2.61. The highest BCUT2D eigenvalue weighted by Crippen LogP contribution is 2.35. The molecule has 2 aromatic rings. The fraction of sp³-hybridized carbons (Fsp3) is 0.333. The highest BCUT2D eigenvalue weighted by Gasteiger charge is 2.44. The Balaban J connectivity index is 2.53. The number of carbonyl (C=O) groups excluding carboxylic acids is 2. The zero-order chi connectivity index (χ0) is 21.4. The van der Waals surface area contributed by atoms with Gasteiger partial charge in [-0.05, 0) is 55.5 Å². The second-order valence-corrected chi connectivity index (χ2v) is 7.11. The highest BCUT2D eigenvalue weighted by atomic mass is 16.5. The van der Waals surface area contributed by atoms with E-state index in [4.69, 9.17) is 14.2 Å². The molecule has 0 aliphatic heterocycles. The molecule has 0 unspecified atom stereocenters. The minimum absolute atomic E-state index is 0.194. The molecule has 0 amide bonds. The molecule has 0 saturated carbocycles. The first kappa shape index (κ1) is 22.2. The van der Waals surface area contributed by atoms with Crippen LogP contribution >= 0.6 is 0 Å². The number of ether oxygens (including phenoxy) is 3. The Labute approximate surface area is 172 Å². The Hall–Kier alpha value is -3.08. The van der Waals surface area contributed by atoms with E-state index in [9.17, 15) is 9.59 Å². The van der Waals surface area contributed by atoms with Crippen LogP contribution in [0.15, 0.2) is 60.2 Å². The van der Waals surface area contributed by atoms with Crippen molar-refractivity contribution >= 4 is 17.5 Å². The van der Waals surface area contributed by atoms with Gasteiger partial charge < -0.3 is 14.2 Å². The molecule has 2 rings (SSSR count). The van der Waals surface area contributed by atoms with E-state index >= 15 is 0 Å². The van der Waals surface area contributed by atoms with Crippen LogP contribution in [0, 0.1) is 5.41 Å². The molecular weight excluding hydrogens is 368 g/mol. The van der Waals surface area contributed by atoms with Crippen LogP contribution in [0.2, 0.25) is 0 Å². The summed E-state index contributed by atoms with van der Waals surface area (Å²) in [5, 5.41) is 0. The van der Waals surface area contributed by atoms with E-state index in [1.54, 1.807) is 14.0 Å². The Bertz CT molecular complexity index is 850. The van der Waals surface area contributed by atoms with Crippen LogP contribution in [-0.2, 0) is 25.5 Å². The minimum Gasteiger partial charge on any atom is -0.497 e. The maximum absolute atomic E-state index is 12.5. The van der Waals surface area contributed by atoms with Crippen molar-refractivity contribution in [2.45, 2.75) is 26.7 Å². The smallest absolute Gasteiger partial charge is 0.323 e. The van der Waals surface area contributed by atoms with E-state index in [2.05, 4.69) is 0 Å². The molecule has 0 bridgehead atoms. The van der Waals surface area contributed by atoms with Gasteiger partial charge in [-0.3, -0.25) is 9.59 Å². The quantitative estimate of drug-likeness (QED) is 0.487. The van der Waals surface area contributed by atoms with Crippen LogP contribution in [0.5, 0.6) is 5.75 Å². The lowest BCUT2D eigenvalue weighted by Crippen LogP contribution is -2.39. The first-order valence-electron chi connectivity index (χ1n) is 9.39. The summed E-state index contributed by atoms with van der Waals surface area (Å²) >= 11 is 0. The molecule has 0 fully saturated rings. The van der Waals surface area contributed by atoms with Crippen molar-refractivity contribution in [3.63, 3.8) is 0 Å². The van der Waals surface area contributed by atoms with E-state index < -0.39 is 17.4 Å². The molecule has 0 spiro atoms. The Morgan fingerprint density at radius 1 is 0.862 bits per heavy atom. The van der Waals surface area contributed by atoms with E-state index in [1.807, 2.05) is 61.5 Å². The van der Waals surface area contributed by atoms with Gasteiger partial charge in [-0.15, -0.1) is 0 Å². The molecule has 5 heteroatoms. The monoisotopic (exact) mass is 396 g/mol. The van der Waals surface area contributed by atoms with Gasteiger partial charge in [-0.25, -0.2) is 0 Å². The van der Waals surface area contributed by atoms with Crippen LogP contribution in [0.3, 0.4) is 0 Å². The number of carbonyl (C=O) groups is 2. The van der Waals surface area contributed by atoms with E-state index in [0.717, 1.165) is 28.0 Å². The van der Waals surface area contributed by atoms with Gasteiger partial charge in [-0.1, -0.05) is 48.0 Å². The van der Waals surface area contributed by atoms with Gasteiger partial charge in [0.2, 0.25) is 0 Å². The van der Waals surface area contributed by atoms with Gasteiger partial charge in [0, 0.05) is 0 Å². The van der Waals surface area contributed by atoms with Gasteiger partial charge in [0.1, 0.15) is 5.75 Å². The number of allylic oxidation sites excluding steroid dienone is 2. The molecule has 0 N–H and O–H groups in total. The molecule has 0 aliphatic carbocycles. The zero-order valence-electron chi connectivity index (χ0n) is 17.7. The van der Waals surface area contributed by atoms with Crippen molar-refractivity contribution in [1.82, 2.24) is 0 Å². The lowest BCUT2D eigenvalue weighted by molar-refractivity contribution is -0.167. The number of methoxy groups -OCH3 is 3. The maximum Gasteiger partial charge on any atom is 0.323 e. The van der Waals surface area contributed by atoms with E-state index in [-0.39, 0.29) is 6.42 Å². The van der Waals surface area contributed by atoms with Gasteiger partial charge in [0.25, 0.3) is 0 Å². The molecule has 0 saturated heterocycles. The molecule has 29 heavy (non-hydrogen) atoms. The molecule has 154 valence electrons. The predicted molar refractivity (Wildman–Crippen MR) is 112 cm³/mol. The fourth-order valence-electron chi connectivity index (χ4n) is 3.32. The highest BCUT2D eigenvalue weighted by molar-refractivity contribution is 6.00. The Morgan fingerprint density at radius 3 is 1.90 bits per heavy atom. The SMILES string of the molecule is COC(=O)C(C)(C/C(Cc1ccccc1)=C(\C)c1ccc(OC)cc1)C(=O)OC. The molecule has 0 aromatic heterocycles. The van der Waals surface area contributed by atoms with E-state index in [0.29, 0.717) is 6.42 Å². The van der Waals surface area contributed by atoms with Gasteiger partial charge >= 0.3 is 11.9 Å². The second kappa shape index (κ2) is 9.92. The van der Waals surface area contributed by atoms with Gasteiger partial charge in [-0.2, -0.15) is 0 Å². The number of hydrogen-bond acceptors (Lipinski definition) is 5. The first-order chi connectivity index (χ1) is 13.8. The van der Waals surface area contributed by atoms with Crippen molar-refractivity contribution < 1.29 is 23.8 Å². The molecular formula is C24H28O5. The second-order valence-electron chi connectivity index (χ2n) is 7.11. The maximum atomic E-state index is 12.5. The van der Waals surface area contributed by atoms with Crippen LogP contribution < -0.4 is 4.74 Å². The molecule has 0 atom stereocenters. The third kappa shape index (κ3) is 5.25. The lowest BCUT2D eigenvalue weighted by atomic mass is 9.79. The van der Waals surface area contributed by atoms with Crippen LogP contribution in [0.1, 0.15) is 31.4 Å². The number of hydrogen-bond donors (Lipinski definition) is 0. The predicted octanol–water partition coefficient (Wildman–Crippen LogP) is 4.45.